The van der Waals surface area contributed by atoms with Crippen molar-refractivity contribution >= 4 is 11.6 Å². The van der Waals surface area contributed by atoms with Crippen molar-refractivity contribution in [2.75, 3.05) is 13.1 Å². The van der Waals surface area contributed by atoms with Crippen LogP contribution in [0, 0.1) is 5.92 Å². The molecule has 0 saturated carbocycles. The molecule has 1 aliphatic heterocycles. The molecule has 1 heterocycles. The second-order valence-electron chi connectivity index (χ2n) is 4.80. The first kappa shape index (κ1) is 11.9. The van der Waals surface area contributed by atoms with Crippen LogP contribution < -0.4 is 10.6 Å². The third kappa shape index (κ3) is 2.76. The molecular weight excluding hydrogens is 220 g/mol. The number of nitrogens with one attached hydrogen (secondary N) is 2. The maximum absolute atomic E-state index is 5.91. The van der Waals surface area contributed by atoms with E-state index >= 15 is 0 Å². The van der Waals surface area contributed by atoms with E-state index in [1.54, 1.807) is 0 Å². The Morgan fingerprint density at radius 2 is 1.88 bits per heavy atom. The first-order chi connectivity index (χ1) is 7.66. The summed E-state index contributed by atoms with van der Waals surface area (Å²) in [5.41, 5.74) is 1.33. The average molecular weight is 239 g/mol. The minimum absolute atomic E-state index is 0.421. The van der Waals surface area contributed by atoms with Gasteiger partial charge in [0.05, 0.1) is 0 Å². The van der Waals surface area contributed by atoms with Gasteiger partial charge >= 0.3 is 0 Å². The Morgan fingerprint density at radius 3 is 2.31 bits per heavy atom. The summed E-state index contributed by atoms with van der Waals surface area (Å²) < 4.78 is 0. The van der Waals surface area contributed by atoms with Gasteiger partial charge in [0.2, 0.25) is 0 Å². The van der Waals surface area contributed by atoms with Crippen molar-refractivity contribution in [3.05, 3.63) is 34.9 Å². The van der Waals surface area contributed by atoms with Crippen molar-refractivity contribution in [2.45, 2.75) is 25.9 Å². The summed E-state index contributed by atoms with van der Waals surface area (Å²) in [6.45, 7) is 6.66. The third-order valence-corrected chi connectivity index (χ3v) is 3.34. The highest BCUT2D eigenvalue weighted by Crippen LogP contribution is 2.24. The average Bonchev–Trinajstić information content (AvgIpc) is 2.18. The number of benzene rings is 1. The van der Waals surface area contributed by atoms with Crippen LogP contribution in [0.3, 0.4) is 0 Å². The van der Waals surface area contributed by atoms with Crippen LogP contribution in [-0.2, 0) is 0 Å². The molecule has 1 atom stereocenters. The molecule has 0 radical (unpaired) electrons. The number of rotatable bonds is 4. The topological polar surface area (TPSA) is 24.1 Å². The summed E-state index contributed by atoms with van der Waals surface area (Å²) in [4.78, 5) is 0. The molecule has 1 saturated heterocycles. The number of hydrogen-bond donors (Lipinski definition) is 2. The van der Waals surface area contributed by atoms with Gasteiger partial charge in [0.1, 0.15) is 0 Å². The van der Waals surface area contributed by atoms with Crippen LogP contribution in [0.15, 0.2) is 24.3 Å². The van der Waals surface area contributed by atoms with E-state index in [0.717, 1.165) is 18.1 Å². The summed E-state index contributed by atoms with van der Waals surface area (Å²) in [6.07, 6.45) is 0. The van der Waals surface area contributed by atoms with Crippen molar-refractivity contribution in [1.29, 1.82) is 0 Å². The molecule has 1 aromatic rings. The Balaban J connectivity index is 2.08. The second-order valence-corrected chi connectivity index (χ2v) is 5.23. The molecule has 1 aliphatic rings. The van der Waals surface area contributed by atoms with Crippen molar-refractivity contribution in [1.82, 2.24) is 10.6 Å². The zero-order valence-electron chi connectivity index (χ0n) is 9.83. The molecule has 2 nitrogen and oxygen atoms in total. The van der Waals surface area contributed by atoms with Crippen LogP contribution in [0.1, 0.15) is 25.5 Å². The Morgan fingerprint density at radius 1 is 1.25 bits per heavy atom. The van der Waals surface area contributed by atoms with Crippen LogP contribution >= 0.6 is 11.6 Å². The monoisotopic (exact) mass is 238 g/mol. The highest BCUT2D eigenvalue weighted by atomic mass is 35.5. The van der Waals surface area contributed by atoms with Crippen molar-refractivity contribution in [3.8, 4) is 0 Å². The quantitative estimate of drug-likeness (QED) is 0.843. The molecule has 1 aromatic carbocycles. The van der Waals surface area contributed by atoms with E-state index in [4.69, 9.17) is 11.6 Å². The summed E-state index contributed by atoms with van der Waals surface area (Å²) in [5, 5.41) is 7.77. The maximum Gasteiger partial charge on any atom is 0.0406 e. The maximum atomic E-state index is 5.91. The first-order valence-electron chi connectivity index (χ1n) is 5.89. The number of halogens is 1. The van der Waals surface area contributed by atoms with E-state index in [-0.39, 0.29) is 0 Å². The smallest absolute Gasteiger partial charge is 0.0406 e. The van der Waals surface area contributed by atoms with Crippen LogP contribution in [0.25, 0.3) is 0 Å². The highest BCUT2D eigenvalue weighted by molar-refractivity contribution is 6.30. The van der Waals surface area contributed by atoms with Gasteiger partial charge in [-0.2, -0.15) is 0 Å². The summed E-state index contributed by atoms with van der Waals surface area (Å²) >= 11 is 5.91. The summed E-state index contributed by atoms with van der Waals surface area (Å²) in [5.74, 6) is 0.585. The Bertz CT molecular complexity index is 330. The molecule has 0 bridgehead atoms. The van der Waals surface area contributed by atoms with E-state index in [1.807, 2.05) is 12.1 Å². The van der Waals surface area contributed by atoms with Gasteiger partial charge in [0.15, 0.2) is 0 Å². The van der Waals surface area contributed by atoms with E-state index in [2.05, 4.69) is 36.6 Å². The normalized spacial score (nSPS) is 18.5. The van der Waals surface area contributed by atoms with Crippen LogP contribution in [0.4, 0.5) is 0 Å². The zero-order chi connectivity index (χ0) is 11.5. The van der Waals surface area contributed by atoms with Gasteiger partial charge in [-0.25, -0.2) is 0 Å². The first-order valence-corrected chi connectivity index (χ1v) is 6.27. The molecule has 2 rings (SSSR count). The molecule has 0 aromatic heterocycles. The lowest BCUT2D eigenvalue weighted by Crippen LogP contribution is -2.56. The fourth-order valence-corrected chi connectivity index (χ4v) is 2.13. The lowest BCUT2D eigenvalue weighted by Gasteiger charge is -2.34. The highest BCUT2D eigenvalue weighted by Gasteiger charge is 2.23. The summed E-state index contributed by atoms with van der Waals surface area (Å²) in [6, 6.07) is 9.20. The SMILES string of the molecule is CC(C)C(NC1CNC1)c1ccc(Cl)cc1. The minimum Gasteiger partial charge on any atom is -0.314 e. The predicted molar refractivity (Wildman–Crippen MR) is 68.8 cm³/mol. The van der Waals surface area contributed by atoms with Gasteiger partial charge < -0.3 is 10.6 Å². The molecule has 2 N–H and O–H groups in total. The molecule has 1 fully saturated rings. The van der Waals surface area contributed by atoms with Crippen LogP contribution in [0.2, 0.25) is 5.02 Å². The Hall–Kier alpha value is -0.570. The molecule has 0 spiro atoms. The molecule has 3 heteroatoms. The summed E-state index contributed by atoms with van der Waals surface area (Å²) in [7, 11) is 0. The fourth-order valence-electron chi connectivity index (χ4n) is 2.00. The number of hydrogen-bond acceptors (Lipinski definition) is 2. The largest absolute Gasteiger partial charge is 0.314 e. The molecular formula is C13H19ClN2. The van der Waals surface area contributed by atoms with Crippen molar-refractivity contribution in [3.63, 3.8) is 0 Å². The Labute approximate surface area is 102 Å². The molecule has 0 amide bonds. The van der Waals surface area contributed by atoms with Crippen molar-refractivity contribution in [2.24, 2.45) is 5.92 Å². The van der Waals surface area contributed by atoms with Crippen molar-refractivity contribution < 1.29 is 0 Å². The van der Waals surface area contributed by atoms with Gasteiger partial charge in [0, 0.05) is 30.2 Å². The van der Waals surface area contributed by atoms with E-state index in [9.17, 15) is 0 Å². The van der Waals surface area contributed by atoms with Crippen LogP contribution in [-0.4, -0.2) is 19.1 Å². The second kappa shape index (κ2) is 5.17. The van der Waals surface area contributed by atoms with Gasteiger partial charge in [-0.05, 0) is 23.6 Å². The standard InChI is InChI=1S/C13H19ClN2/c1-9(2)13(16-12-7-15-8-12)10-3-5-11(14)6-4-10/h3-6,9,12-13,15-16H,7-8H2,1-2H3. The predicted octanol–water partition coefficient (Wildman–Crippen LogP) is 2.60. The lowest BCUT2D eigenvalue weighted by atomic mass is 9.94. The fraction of sp³-hybridized carbons (Fsp3) is 0.538. The van der Waals surface area contributed by atoms with Gasteiger partial charge in [0.25, 0.3) is 0 Å². The molecule has 16 heavy (non-hydrogen) atoms. The van der Waals surface area contributed by atoms with E-state index in [1.165, 1.54) is 5.56 Å². The van der Waals surface area contributed by atoms with E-state index < -0.39 is 0 Å². The molecule has 1 unspecified atom stereocenters. The van der Waals surface area contributed by atoms with Gasteiger partial charge in [-0.3, -0.25) is 0 Å². The van der Waals surface area contributed by atoms with Crippen LogP contribution in [0.5, 0.6) is 0 Å². The van der Waals surface area contributed by atoms with Gasteiger partial charge in [-0.15, -0.1) is 0 Å². The third-order valence-electron chi connectivity index (χ3n) is 3.09. The van der Waals surface area contributed by atoms with Gasteiger partial charge in [-0.1, -0.05) is 37.6 Å². The molecule has 88 valence electrons. The van der Waals surface area contributed by atoms with E-state index in [0.29, 0.717) is 18.0 Å². The molecule has 0 aliphatic carbocycles. The Kier molecular flexibility index (Phi) is 3.85. The zero-order valence-corrected chi connectivity index (χ0v) is 10.6. The lowest BCUT2D eigenvalue weighted by molar-refractivity contribution is 0.292. The minimum atomic E-state index is 0.421.